The number of thiophene rings is 1. The number of aromatic nitrogens is 2. The maximum absolute atomic E-state index is 12.4. The Morgan fingerprint density at radius 2 is 2.00 bits per heavy atom. The van der Waals surface area contributed by atoms with Gasteiger partial charge in [-0.1, -0.05) is 41.0 Å². The van der Waals surface area contributed by atoms with E-state index in [0.717, 1.165) is 15.2 Å². The lowest BCUT2D eigenvalue weighted by Crippen LogP contribution is -2.22. The molecule has 0 radical (unpaired) electrons. The Labute approximate surface area is 151 Å². The number of para-hydroxylation sites is 1. The third-order valence-electron chi connectivity index (χ3n) is 3.08. The van der Waals surface area contributed by atoms with Crippen LogP contribution in [0.5, 0.6) is 0 Å². The Kier molecular flexibility index (Phi) is 5.06. The Hall–Kier alpha value is -1.34. The van der Waals surface area contributed by atoms with E-state index in [0.29, 0.717) is 15.7 Å². The van der Waals surface area contributed by atoms with Crippen molar-refractivity contribution in [1.29, 1.82) is 0 Å². The maximum Gasteiger partial charge on any atom is 0.237 e. The molecule has 0 aliphatic rings. The molecule has 1 N–H and O–H groups in total. The van der Waals surface area contributed by atoms with Gasteiger partial charge < -0.3 is 5.32 Å². The van der Waals surface area contributed by atoms with Crippen LogP contribution in [-0.2, 0) is 4.79 Å². The lowest BCUT2D eigenvalue weighted by Gasteiger charge is -2.13. The van der Waals surface area contributed by atoms with Gasteiger partial charge in [-0.15, -0.1) is 11.3 Å². The molecule has 0 aliphatic heterocycles. The second kappa shape index (κ2) is 7.05. The average molecular weight is 384 g/mol. The first-order valence-corrected chi connectivity index (χ1v) is 9.17. The molecule has 0 saturated carbocycles. The fourth-order valence-electron chi connectivity index (χ4n) is 1.91. The van der Waals surface area contributed by atoms with Crippen molar-refractivity contribution in [2.24, 2.45) is 0 Å². The van der Waals surface area contributed by atoms with Gasteiger partial charge in [-0.25, -0.2) is 9.97 Å². The number of halogens is 2. The van der Waals surface area contributed by atoms with Gasteiger partial charge in [0.1, 0.15) is 11.4 Å². The number of rotatable bonds is 4. The Bertz CT molecular complexity index is 849. The van der Waals surface area contributed by atoms with Crippen LogP contribution in [0, 0.1) is 0 Å². The van der Waals surface area contributed by atoms with Crippen molar-refractivity contribution in [2.45, 2.75) is 17.2 Å². The minimum Gasteiger partial charge on any atom is -0.323 e. The minimum atomic E-state index is -0.359. The van der Waals surface area contributed by atoms with Gasteiger partial charge in [-0.05, 0) is 30.5 Å². The molecule has 0 fully saturated rings. The van der Waals surface area contributed by atoms with Gasteiger partial charge in [-0.3, -0.25) is 4.79 Å². The number of fused-ring (bicyclic) bond motifs is 1. The number of carbonyl (C=O) groups is 1. The summed E-state index contributed by atoms with van der Waals surface area (Å²) in [5.74, 6) is -0.187. The molecule has 1 unspecified atom stereocenters. The van der Waals surface area contributed by atoms with E-state index in [1.54, 1.807) is 29.5 Å². The quantitative estimate of drug-likeness (QED) is 0.501. The molecule has 2 aromatic heterocycles. The summed E-state index contributed by atoms with van der Waals surface area (Å²) < 4.78 is 0.980. The van der Waals surface area contributed by atoms with Crippen molar-refractivity contribution in [3.05, 3.63) is 46.0 Å². The maximum atomic E-state index is 12.4. The Morgan fingerprint density at radius 1 is 1.26 bits per heavy atom. The van der Waals surface area contributed by atoms with Gasteiger partial charge >= 0.3 is 0 Å². The normalized spacial score (nSPS) is 12.3. The molecule has 3 aromatic rings. The molecule has 4 nitrogen and oxygen atoms in total. The third-order valence-corrected chi connectivity index (χ3v) is 5.85. The zero-order valence-corrected chi connectivity index (χ0v) is 15.1. The SMILES string of the molecule is CC(Sc1ncnc2ccsc12)C(=O)Nc1c(Cl)cccc1Cl. The lowest BCUT2D eigenvalue weighted by atomic mass is 10.3. The predicted molar refractivity (Wildman–Crippen MR) is 97.8 cm³/mol. The average Bonchev–Trinajstić information content (AvgIpc) is 3.00. The molecular weight excluding hydrogens is 373 g/mol. The van der Waals surface area contributed by atoms with Crippen LogP contribution in [0.2, 0.25) is 10.0 Å². The summed E-state index contributed by atoms with van der Waals surface area (Å²) in [6.07, 6.45) is 1.51. The number of nitrogens with one attached hydrogen (secondary N) is 1. The van der Waals surface area contributed by atoms with E-state index in [1.807, 2.05) is 18.4 Å². The van der Waals surface area contributed by atoms with Crippen molar-refractivity contribution in [1.82, 2.24) is 9.97 Å². The van der Waals surface area contributed by atoms with Gasteiger partial charge in [0.15, 0.2) is 0 Å². The standard InChI is InChI=1S/C15H11Cl2N3OS2/c1-8(14(21)20-12-9(16)3-2-4-10(12)17)23-15-13-11(5-6-22-13)18-7-19-15/h2-8H,1H3,(H,20,21). The molecule has 1 atom stereocenters. The largest absolute Gasteiger partial charge is 0.323 e. The van der Waals surface area contributed by atoms with Crippen LogP contribution >= 0.6 is 46.3 Å². The summed E-state index contributed by atoms with van der Waals surface area (Å²) in [5.41, 5.74) is 1.31. The van der Waals surface area contributed by atoms with Gasteiger partial charge in [-0.2, -0.15) is 0 Å². The molecule has 1 aromatic carbocycles. The molecule has 2 heterocycles. The topological polar surface area (TPSA) is 54.9 Å². The fraction of sp³-hybridized carbons (Fsp3) is 0.133. The second-order valence-electron chi connectivity index (χ2n) is 4.66. The van der Waals surface area contributed by atoms with E-state index in [4.69, 9.17) is 23.2 Å². The second-order valence-corrected chi connectivity index (χ2v) is 7.72. The first kappa shape index (κ1) is 16.5. The molecule has 8 heteroatoms. The van der Waals surface area contributed by atoms with E-state index in [1.165, 1.54) is 18.1 Å². The van der Waals surface area contributed by atoms with Crippen LogP contribution in [0.15, 0.2) is 41.0 Å². The van der Waals surface area contributed by atoms with Crippen molar-refractivity contribution >= 4 is 68.1 Å². The van der Waals surface area contributed by atoms with Gasteiger partial charge in [0.25, 0.3) is 0 Å². The predicted octanol–water partition coefficient (Wildman–Crippen LogP) is 5.12. The lowest BCUT2D eigenvalue weighted by molar-refractivity contribution is -0.115. The van der Waals surface area contributed by atoms with Crippen molar-refractivity contribution in [3.63, 3.8) is 0 Å². The molecule has 0 bridgehead atoms. The summed E-state index contributed by atoms with van der Waals surface area (Å²) >= 11 is 15.1. The van der Waals surface area contributed by atoms with Gasteiger partial charge in [0.2, 0.25) is 5.91 Å². The molecule has 23 heavy (non-hydrogen) atoms. The highest BCUT2D eigenvalue weighted by molar-refractivity contribution is 8.00. The summed E-state index contributed by atoms with van der Waals surface area (Å²) in [4.78, 5) is 20.9. The van der Waals surface area contributed by atoms with E-state index < -0.39 is 0 Å². The summed E-state index contributed by atoms with van der Waals surface area (Å²) in [6.45, 7) is 1.81. The summed E-state index contributed by atoms with van der Waals surface area (Å²) in [5, 5.41) is 5.98. The third kappa shape index (κ3) is 3.61. The molecule has 3 rings (SSSR count). The van der Waals surface area contributed by atoms with Crippen molar-refractivity contribution < 1.29 is 4.79 Å². The smallest absolute Gasteiger partial charge is 0.237 e. The van der Waals surface area contributed by atoms with Gasteiger partial charge in [0, 0.05) is 0 Å². The van der Waals surface area contributed by atoms with Crippen molar-refractivity contribution in [2.75, 3.05) is 5.32 Å². The number of carbonyl (C=O) groups excluding carboxylic acids is 1. The van der Waals surface area contributed by atoms with Crippen molar-refractivity contribution in [3.8, 4) is 0 Å². The molecule has 1 amide bonds. The van der Waals surface area contributed by atoms with Crippen LogP contribution in [0.3, 0.4) is 0 Å². The van der Waals surface area contributed by atoms with E-state index >= 15 is 0 Å². The number of amides is 1. The molecule has 0 saturated heterocycles. The minimum absolute atomic E-state index is 0.187. The zero-order valence-electron chi connectivity index (χ0n) is 11.9. The van der Waals surface area contributed by atoms with Crippen LogP contribution in [0.1, 0.15) is 6.92 Å². The number of hydrogen-bond donors (Lipinski definition) is 1. The molecule has 0 spiro atoms. The fourth-order valence-corrected chi connectivity index (χ4v) is 4.24. The van der Waals surface area contributed by atoms with Crippen LogP contribution in [0.4, 0.5) is 5.69 Å². The number of benzene rings is 1. The Balaban J connectivity index is 1.77. The number of nitrogens with zero attached hydrogens (tertiary/aromatic N) is 2. The highest BCUT2D eigenvalue weighted by Gasteiger charge is 2.19. The summed E-state index contributed by atoms with van der Waals surface area (Å²) in [6, 6.07) is 7.02. The number of anilines is 1. The highest BCUT2D eigenvalue weighted by Crippen LogP contribution is 2.33. The van der Waals surface area contributed by atoms with E-state index in [9.17, 15) is 4.79 Å². The number of thioether (sulfide) groups is 1. The van der Waals surface area contributed by atoms with Gasteiger partial charge in [0.05, 0.1) is 31.2 Å². The Morgan fingerprint density at radius 3 is 2.74 bits per heavy atom. The monoisotopic (exact) mass is 383 g/mol. The molecule has 0 aliphatic carbocycles. The first-order chi connectivity index (χ1) is 11.1. The first-order valence-electron chi connectivity index (χ1n) is 6.66. The molecule has 118 valence electrons. The van der Waals surface area contributed by atoms with Crippen LogP contribution in [0.25, 0.3) is 10.2 Å². The molecular formula is C15H11Cl2N3OS2. The van der Waals surface area contributed by atoms with E-state index in [2.05, 4.69) is 15.3 Å². The van der Waals surface area contributed by atoms with Crippen LogP contribution < -0.4 is 5.32 Å². The zero-order chi connectivity index (χ0) is 16.4. The van der Waals surface area contributed by atoms with Crippen LogP contribution in [-0.4, -0.2) is 21.1 Å². The highest BCUT2D eigenvalue weighted by atomic mass is 35.5. The summed E-state index contributed by atoms with van der Waals surface area (Å²) in [7, 11) is 0. The number of hydrogen-bond acceptors (Lipinski definition) is 5. The van der Waals surface area contributed by atoms with E-state index in [-0.39, 0.29) is 11.2 Å².